The van der Waals surface area contributed by atoms with Crippen molar-refractivity contribution in [3.05, 3.63) is 150 Å². The number of anilines is 3. The highest BCUT2D eigenvalue weighted by Gasteiger charge is 2.22. The molecule has 330 valence electrons. The average Bonchev–Trinajstić information content (AvgIpc) is 4.18. The van der Waals surface area contributed by atoms with Crippen molar-refractivity contribution in [3.63, 3.8) is 0 Å². The lowest BCUT2D eigenvalue weighted by atomic mass is 10.1. The number of nitrogens with one attached hydrogen (secondary N) is 3. The molecule has 0 radical (unpaired) electrons. The molecule has 3 N–H and O–H groups in total. The number of allylic oxidation sites excluding steroid dienone is 1. The number of fused-ring (bicyclic) bond motifs is 6. The lowest BCUT2D eigenvalue weighted by molar-refractivity contribution is -0.115. The molecule has 6 aliphatic heterocycles. The van der Waals surface area contributed by atoms with Crippen molar-refractivity contribution in [1.29, 1.82) is 0 Å². The molecule has 0 fully saturated rings. The Kier molecular flexibility index (Phi) is 12.0. The van der Waals surface area contributed by atoms with E-state index < -0.39 is 0 Å². The van der Waals surface area contributed by atoms with Gasteiger partial charge in [0.15, 0.2) is 34.5 Å². The first-order chi connectivity index (χ1) is 32.1. The van der Waals surface area contributed by atoms with Gasteiger partial charge in [-0.2, -0.15) is 0 Å². The van der Waals surface area contributed by atoms with E-state index in [0.29, 0.717) is 30.1 Å². The zero-order valence-electron chi connectivity index (χ0n) is 34.6. The zero-order valence-corrected chi connectivity index (χ0v) is 39.3. The van der Waals surface area contributed by atoms with Crippen LogP contribution in [-0.2, 0) is 28.9 Å². The van der Waals surface area contributed by atoms with Gasteiger partial charge in [0, 0.05) is 66.8 Å². The summed E-state index contributed by atoms with van der Waals surface area (Å²) in [5, 5.41) is 8.86. The van der Waals surface area contributed by atoms with E-state index in [1.165, 1.54) is 5.56 Å². The van der Waals surface area contributed by atoms with Crippen LogP contribution in [-0.4, -0.2) is 50.8 Å². The number of ether oxygens (including phenoxy) is 6. The highest BCUT2D eigenvalue weighted by atomic mass is 79.9. The van der Waals surface area contributed by atoms with E-state index in [1.807, 2.05) is 84.9 Å². The first kappa shape index (κ1) is 43.0. The van der Waals surface area contributed by atoms with Gasteiger partial charge in [0.2, 0.25) is 32.2 Å². The molecule has 6 heterocycles. The summed E-state index contributed by atoms with van der Waals surface area (Å²) < 4.78 is 35.2. The van der Waals surface area contributed by atoms with Crippen LogP contribution in [0.15, 0.2) is 132 Å². The van der Waals surface area contributed by atoms with Gasteiger partial charge in [0.1, 0.15) is 0 Å². The number of carbonyl (C=O) groups excluding carboxylic acids is 2. The third kappa shape index (κ3) is 9.27. The Bertz CT molecular complexity index is 2960. The number of hydrogen-bond acceptors (Lipinski definition) is 12. The quantitative estimate of drug-likeness (QED) is 0.138. The Morgan fingerprint density at radius 3 is 1.44 bits per heavy atom. The molecular weight excluding hydrogens is 1040 g/mol. The molecular formula is C49H35Br3N6O8. The first-order valence-corrected chi connectivity index (χ1v) is 22.8. The number of halogens is 3. The summed E-state index contributed by atoms with van der Waals surface area (Å²) in [5.74, 6) is 4.37. The zero-order chi connectivity index (χ0) is 45.3. The third-order valence-corrected chi connectivity index (χ3v) is 12.9. The number of hydrogen-bond donors (Lipinski definition) is 3. The topological polar surface area (TPSA) is 163 Å². The van der Waals surface area contributed by atoms with Gasteiger partial charge in [-0.15, -0.1) is 0 Å². The minimum Gasteiger partial charge on any atom is -0.454 e. The molecule has 0 aromatic heterocycles. The van der Waals surface area contributed by atoms with E-state index in [9.17, 15) is 9.59 Å². The summed E-state index contributed by atoms with van der Waals surface area (Å²) in [7, 11) is 0. The van der Waals surface area contributed by atoms with Crippen LogP contribution in [0.5, 0.6) is 34.5 Å². The van der Waals surface area contributed by atoms with E-state index in [0.717, 1.165) is 105 Å². The number of carbonyl (C=O) groups is 2. The number of aliphatic imine (C=N–C) groups is 3. The second-order valence-electron chi connectivity index (χ2n) is 15.3. The lowest BCUT2D eigenvalue weighted by Crippen LogP contribution is -2.03. The molecule has 0 atom stereocenters. The molecule has 14 nitrogen and oxygen atoms in total. The maximum absolute atomic E-state index is 11.4. The van der Waals surface area contributed by atoms with Crippen molar-refractivity contribution < 1.29 is 38.0 Å². The van der Waals surface area contributed by atoms with Crippen LogP contribution in [0.25, 0.3) is 0 Å². The fourth-order valence-corrected chi connectivity index (χ4v) is 8.87. The Balaban J connectivity index is 0.000000116. The van der Waals surface area contributed by atoms with Crippen molar-refractivity contribution in [2.24, 2.45) is 15.0 Å². The predicted octanol–water partition coefficient (Wildman–Crippen LogP) is 11.3. The smallest absolute Gasteiger partial charge is 0.231 e. The Morgan fingerprint density at radius 1 is 0.470 bits per heavy atom. The Morgan fingerprint density at radius 2 is 0.909 bits per heavy atom. The normalized spacial score (nSPS) is 15.2. The average molecular weight is 1080 g/mol. The predicted molar refractivity (Wildman–Crippen MR) is 263 cm³/mol. The monoisotopic (exact) mass is 1070 g/mol. The highest BCUT2D eigenvalue weighted by molar-refractivity contribution is 9.11. The maximum Gasteiger partial charge on any atom is 0.231 e. The van der Waals surface area contributed by atoms with Gasteiger partial charge < -0.3 is 44.4 Å². The van der Waals surface area contributed by atoms with E-state index in [4.69, 9.17) is 28.4 Å². The summed E-state index contributed by atoms with van der Waals surface area (Å²) in [6, 6.07) is 28.8. The molecule has 0 aliphatic carbocycles. The molecule has 2 amide bonds. The second kappa shape index (κ2) is 18.5. The minimum absolute atomic E-state index is 0.0188. The van der Waals surface area contributed by atoms with Crippen molar-refractivity contribution in [3.8, 4) is 34.5 Å². The largest absolute Gasteiger partial charge is 0.454 e. The van der Waals surface area contributed by atoms with Gasteiger partial charge in [-0.3, -0.25) is 24.6 Å². The molecule has 0 unspecified atom stereocenters. The highest BCUT2D eigenvalue weighted by Crippen LogP contribution is 2.41. The van der Waals surface area contributed by atoms with Crippen molar-refractivity contribution >= 4 is 112 Å². The van der Waals surface area contributed by atoms with E-state index >= 15 is 0 Å². The van der Waals surface area contributed by atoms with Gasteiger partial charge in [-0.1, -0.05) is 6.58 Å². The first-order valence-electron chi connectivity index (χ1n) is 20.4. The molecule has 0 bridgehead atoms. The van der Waals surface area contributed by atoms with E-state index in [-0.39, 0.29) is 32.2 Å². The van der Waals surface area contributed by atoms with Gasteiger partial charge in [0.05, 0.1) is 41.0 Å². The van der Waals surface area contributed by atoms with Crippen LogP contribution >= 0.6 is 47.8 Å². The summed E-state index contributed by atoms with van der Waals surface area (Å²) in [6.07, 6.45) is 6.96. The van der Waals surface area contributed by atoms with Crippen LogP contribution in [0.1, 0.15) is 33.4 Å². The number of amides is 2. The van der Waals surface area contributed by atoms with Gasteiger partial charge in [-0.25, -0.2) is 0 Å². The number of nitrogens with zero attached hydrogens (tertiary/aromatic N) is 3. The fraction of sp³-hybridized carbons (Fsp3) is 0.122. The van der Waals surface area contributed by atoms with Crippen molar-refractivity contribution in [2.75, 3.05) is 36.3 Å². The summed E-state index contributed by atoms with van der Waals surface area (Å²) in [5.41, 5.74) is 12.2. The molecule has 6 aromatic rings. The summed E-state index contributed by atoms with van der Waals surface area (Å²) >= 11 is 10.5. The SMILES string of the molecule is C=C1Cc2cc(N=Cc3c(Br)ccc4c3OCO4)ccc2N1.O=C1Cc2cc(N=Cc3c(Br)ccc4c3OCO4)ccc2N1.O=C1Cc2cc(N=Cc3cc4c(cc3Br)OCO4)ccc2N1. The Hall–Kier alpha value is -6.95. The standard InChI is InChI=1S/C17H13BrN2O2.2C16H11BrN2O3/c1-10-6-11-7-12(2-4-15(11)20-10)19-8-13-14(18)3-5-16-17(13)22-9-21-16;17-12-2-4-14-16(22-8-21-14)11(12)7-18-10-1-3-13-9(5-10)6-15(20)19-13;17-12-6-15-14(21-8-22-15)4-10(12)7-18-11-1-2-13-9(3-11)5-16(20)19-13/h2-5,7-8,20H,1,6,9H2;1-5,7H,6,8H2,(H,19,20);1-4,6-7H,5,8H2,(H,19,20). The van der Waals surface area contributed by atoms with E-state index in [2.05, 4.69) is 91.4 Å². The molecule has 6 aromatic carbocycles. The van der Waals surface area contributed by atoms with Gasteiger partial charge in [-0.05, 0) is 155 Å². The Labute approximate surface area is 403 Å². The van der Waals surface area contributed by atoms with Crippen LogP contribution in [0.3, 0.4) is 0 Å². The number of benzene rings is 6. The molecule has 0 saturated heterocycles. The molecule has 12 rings (SSSR count). The lowest BCUT2D eigenvalue weighted by Gasteiger charge is -2.04. The van der Waals surface area contributed by atoms with Crippen LogP contribution in [0, 0.1) is 0 Å². The van der Waals surface area contributed by atoms with Crippen molar-refractivity contribution in [2.45, 2.75) is 19.3 Å². The minimum atomic E-state index is 0.0188. The summed E-state index contributed by atoms with van der Waals surface area (Å²) in [6.45, 7) is 4.67. The van der Waals surface area contributed by atoms with E-state index in [1.54, 1.807) is 18.6 Å². The molecule has 0 spiro atoms. The van der Waals surface area contributed by atoms with Gasteiger partial charge in [0.25, 0.3) is 0 Å². The fourth-order valence-electron chi connectivity index (χ4n) is 7.62. The maximum atomic E-state index is 11.4. The van der Waals surface area contributed by atoms with Gasteiger partial charge >= 0.3 is 0 Å². The van der Waals surface area contributed by atoms with Crippen LogP contribution in [0.4, 0.5) is 34.1 Å². The molecule has 66 heavy (non-hydrogen) atoms. The molecule has 6 aliphatic rings. The van der Waals surface area contributed by atoms with Crippen LogP contribution in [0.2, 0.25) is 0 Å². The third-order valence-electron chi connectivity index (χ3n) is 10.8. The van der Waals surface area contributed by atoms with Crippen molar-refractivity contribution in [1.82, 2.24) is 0 Å². The summed E-state index contributed by atoms with van der Waals surface area (Å²) in [4.78, 5) is 36.3. The number of rotatable bonds is 6. The second-order valence-corrected chi connectivity index (χ2v) is 17.8. The molecule has 17 heteroatoms. The van der Waals surface area contributed by atoms with Crippen LogP contribution < -0.4 is 44.4 Å². The molecule has 0 saturated carbocycles.